The van der Waals surface area contributed by atoms with Gasteiger partial charge in [0.05, 0.1) is 17.6 Å². The molecule has 72 heavy (non-hydrogen) atoms. The van der Waals surface area contributed by atoms with Crippen molar-refractivity contribution in [3.63, 3.8) is 0 Å². The van der Waals surface area contributed by atoms with Gasteiger partial charge in [-0.3, -0.25) is 0 Å². The summed E-state index contributed by atoms with van der Waals surface area (Å²) >= 11 is 1.94. The summed E-state index contributed by atoms with van der Waals surface area (Å²) in [4.78, 5) is 5.18. The predicted octanol–water partition coefficient (Wildman–Crippen LogP) is 17.3. The number of nitrogens with zero attached hydrogens (tertiary/aromatic N) is 2. The lowest BCUT2D eigenvalue weighted by molar-refractivity contribution is 0.591. The van der Waals surface area contributed by atoms with Gasteiger partial charge in [0.15, 0.2) is 0 Å². The van der Waals surface area contributed by atoms with Gasteiger partial charge in [0.1, 0.15) is 28.3 Å². The second kappa shape index (κ2) is 15.8. The zero-order chi connectivity index (χ0) is 48.7. The zero-order valence-electron chi connectivity index (χ0n) is 41.4. The Balaban J connectivity index is 1.06. The average Bonchev–Trinajstić information content (AvgIpc) is 4.20. The summed E-state index contributed by atoms with van der Waals surface area (Å²) in [5, 5.41) is 4.58. The largest absolute Gasteiger partial charge is 0.464 e. The van der Waals surface area contributed by atoms with E-state index in [-0.39, 0.29) is 18.0 Å². The normalized spacial score (nSPS) is 13.2. The lowest BCUT2D eigenvalue weighted by atomic mass is 9.36. The van der Waals surface area contributed by atoms with Gasteiger partial charge >= 0.3 is 0 Å². The molecule has 0 N–H and O–H groups in total. The second-order valence-electron chi connectivity index (χ2n) is 21.2. The molecule has 4 aromatic heterocycles. The van der Waals surface area contributed by atoms with Crippen molar-refractivity contribution in [1.82, 2.24) is 0 Å². The minimum absolute atomic E-state index is 0.0405. The molecule has 348 valence electrons. The van der Waals surface area contributed by atoms with Crippen LogP contribution in [-0.4, -0.2) is 6.71 Å². The van der Waals surface area contributed by atoms with Gasteiger partial charge in [-0.25, -0.2) is 0 Å². The third-order valence-electron chi connectivity index (χ3n) is 15.2. The lowest BCUT2D eigenvalue weighted by Gasteiger charge is -2.44. The Hall–Kier alpha value is -8.00. The molecule has 0 bridgehead atoms. The van der Waals surface area contributed by atoms with Crippen molar-refractivity contribution < 1.29 is 13.3 Å². The number of aryl methyl sites for hydroxylation is 2. The fraction of sp³-hybridized carbons (Fsp3) is 0.138. The van der Waals surface area contributed by atoms with Crippen LogP contribution in [0, 0.1) is 13.8 Å². The third kappa shape index (κ3) is 6.53. The highest BCUT2D eigenvalue weighted by Crippen LogP contribution is 2.52. The molecule has 0 atom stereocenters. The van der Waals surface area contributed by atoms with Gasteiger partial charge in [0.25, 0.3) is 6.71 Å². The molecule has 0 amide bonds. The molecule has 0 spiro atoms. The first-order valence-electron chi connectivity index (χ1n) is 25.1. The summed E-state index contributed by atoms with van der Waals surface area (Å²) < 4.78 is 21.9. The van der Waals surface area contributed by atoms with Crippen LogP contribution < -0.4 is 25.5 Å². The second-order valence-corrected chi connectivity index (χ2v) is 22.3. The van der Waals surface area contributed by atoms with E-state index >= 15 is 0 Å². The number of thiophene rings is 1. The van der Waals surface area contributed by atoms with Crippen LogP contribution in [0.15, 0.2) is 189 Å². The van der Waals surface area contributed by atoms with E-state index in [2.05, 4.69) is 198 Å². The zero-order valence-corrected chi connectivity index (χ0v) is 42.2. The molecule has 8 aromatic carbocycles. The summed E-state index contributed by atoms with van der Waals surface area (Å²) in [6.45, 7) is 16.1. The Labute approximate surface area is 423 Å². The molecular formula is C65H51BN2O3S. The number of para-hydroxylation sites is 3. The highest BCUT2D eigenvalue weighted by Gasteiger charge is 2.46. The molecule has 0 aliphatic carbocycles. The molecule has 0 saturated carbocycles. The lowest BCUT2D eigenvalue weighted by Crippen LogP contribution is -2.60. The maximum atomic E-state index is 6.63. The summed E-state index contributed by atoms with van der Waals surface area (Å²) in [5.41, 5.74) is 21.6. The first kappa shape index (κ1) is 42.8. The standard InChI is InChI=1S/C65H51BN2O3S/c1-37(2)44-31-53-61-54(32-44)68(62-38(3)27-45(28-39(62)4)50-36-69-57-22-13-10-19-48(50)57)63-49-35-46(65(5,6)7)24-26-60(49)72-64(63)66(61)51-25-23-43(59-34-42-16-9-12-21-56(42)71-59)30-52(51)67(53)47-18-14-17-40(29-47)58-33-41-15-8-11-20-55(41)70-58/h8-37H,1-7H3. The Morgan fingerprint density at radius 2 is 1.19 bits per heavy atom. The van der Waals surface area contributed by atoms with E-state index in [1.54, 1.807) is 0 Å². The van der Waals surface area contributed by atoms with Crippen LogP contribution in [0.25, 0.3) is 76.8 Å². The number of fused-ring (bicyclic) bond motifs is 9. The van der Waals surface area contributed by atoms with Crippen molar-refractivity contribution >= 4 is 111 Å². The van der Waals surface area contributed by atoms with Crippen LogP contribution in [0.3, 0.4) is 0 Å². The molecular weight excluding hydrogens is 900 g/mol. The number of furan rings is 3. The molecule has 2 aliphatic heterocycles. The van der Waals surface area contributed by atoms with Crippen molar-refractivity contribution in [2.24, 2.45) is 0 Å². The van der Waals surface area contributed by atoms with Crippen LogP contribution in [0.4, 0.5) is 34.1 Å². The maximum Gasteiger partial charge on any atom is 0.264 e. The third-order valence-corrected chi connectivity index (χ3v) is 16.5. The van der Waals surface area contributed by atoms with Crippen LogP contribution in [-0.2, 0) is 5.41 Å². The van der Waals surface area contributed by atoms with Gasteiger partial charge in [-0.05, 0) is 149 Å². The van der Waals surface area contributed by atoms with Gasteiger partial charge < -0.3 is 23.1 Å². The number of hydrogen-bond donors (Lipinski definition) is 0. The molecule has 2 aliphatic rings. The number of benzene rings is 8. The molecule has 5 nitrogen and oxygen atoms in total. The SMILES string of the molecule is Cc1cc(-c2coc3ccccc23)cc(C)c1N1c2cc(C(C)C)cc3c2B(c2ccc(-c4cc5ccccc5o4)cc2N3c2cccc(-c3cc4ccccc4o3)c2)c2sc3ccc(C(C)(C)C)cc3c21. The smallest absolute Gasteiger partial charge is 0.264 e. The van der Waals surface area contributed by atoms with Gasteiger partial charge in [-0.2, -0.15) is 0 Å². The number of anilines is 6. The Morgan fingerprint density at radius 3 is 1.88 bits per heavy atom. The molecule has 0 fully saturated rings. The minimum atomic E-state index is -0.0512. The van der Waals surface area contributed by atoms with E-state index in [0.717, 1.165) is 78.1 Å². The Kier molecular flexibility index (Phi) is 9.37. The molecule has 6 heterocycles. The molecule has 0 radical (unpaired) electrons. The highest BCUT2D eigenvalue weighted by molar-refractivity contribution is 7.33. The van der Waals surface area contributed by atoms with Crippen molar-refractivity contribution in [2.75, 3.05) is 9.80 Å². The molecule has 0 unspecified atom stereocenters. The van der Waals surface area contributed by atoms with E-state index in [4.69, 9.17) is 13.3 Å². The molecule has 7 heteroatoms. The van der Waals surface area contributed by atoms with Crippen molar-refractivity contribution in [1.29, 1.82) is 0 Å². The quantitative estimate of drug-likeness (QED) is 0.155. The van der Waals surface area contributed by atoms with E-state index in [1.165, 1.54) is 70.8 Å². The molecule has 14 rings (SSSR count). The highest BCUT2D eigenvalue weighted by atomic mass is 32.1. The first-order valence-corrected chi connectivity index (χ1v) is 25.9. The van der Waals surface area contributed by atoms with E-state index in [0.29, 0.717) is 0 Å². The monoisotopic (exact) mass is 950 g/mol. The summed E-state index contributed by atoms with van der Waals surface area (Å²) in [6, 6.07) is 62.1. The van der Waals surface area contributed by atoms with Crippen molar-refractivity contribution in [3.05, 3.63) is 198 Å². The van der Waals surface area contributed by atoms with Gasteiger partial charge in [-0.15, -0.1) is 11.3 Å². The van der Waals surface area contributed by atoms with Gasteiger partial charge in [0.2, 0.25) is 0 Å². The van der Waals surface area contributed by atoms with Crippen LogP contribution >= 0.6 is 11.3 Å². The number of hydrogen-bond acceptors (Lipinski definition) is 6. The Morgan fingerprint density at radius 1 is 0.542 bits per heavy atom. The number of rotatable bonds is 6. The Bertz CT molecular complexity index is 4110. The fourth-order valence-corrected chi connectivity index (χ4v) is 13.0. The van der Waals surface area contributed by atoms with Crippen molar-refractivity contribution in [3.8, 4) is 33.8 Å². The van der Waals surface area contributed by atoms with Gasteiger partial charge in [-0.1, -0.05) is 120 Å². The van der Waals surface area contributed by atoms with Crippen LogP contribution in [0.2, 0.25) is 0 Å². The molecule has 12 aromatic rings. The van der Waals surface area contributed by atoms with E-state index < -0.39 is 0 Å². The van der Waals surface area contributed by atoms with Gasteiger partial charge in [0, 0.05) is 70.5 Å². The minimum Gasteiger partial charge on any atom is -0.464 e. The van der Waals surface area contributed by atoms with Crippen LogP contribution in [0.5, 0.6) is 0 Å². The van der Waals surface area contributed by atoms with Crippen LogP contribution in [0.1, 0.15) is 62.8 Å². The van der Waals surface area contributed by atoms with Crippen molar-refractivity contribution in [2.45, 2.75) is 59.8 Å². The molecule has 0 saturated heterocycles. The van der Waals surface area contributed by atoms with E-state index in [1.807, 2.05) is 47.9 Å². The predicted molar refractivity (Wildman–Crippen MR) is 304 cm³/mol. The summed E-state index contributed by atoms with van der Waals surface area (Å²) in [5.74, 6) is 1.93. The summed E-state index contributed by atoms with van der Waals surface area (Å²) in [7, 11) is 0. The first-order chi connectivity index (χ1) is 34.9. The summed E-state index contributed by atoms with van der Waals surface area (Å²) in [6.07, 6.45) is 1.92. The maximum absolute atomic E-state index is 6.63. The fourth-order valence-electron chi connectivity index (χ4n) is 11.7. The van der Waals surface area contributed by atoms with E-state index in [9.17, 15) is 0 Å². The average molecular weight is 951 g/mol. The topological polar surface area (TPSA) is 45.9 Å².